The van der Waals surface area contributed by atoms with Crippen LogP contribution in [-0.2, 0) is 0 Å². The van der Waals surface area contributed by atoms with Crippen LogP contribution in [0.3, 0.4) is 0 Å². The van der Waals surface area contributed by atoms with Gasteiger partial charge in [0.1, 0.15) is 5.75 Å². The Bertz CT molecular complexity index is 752. The van der Waals surface area contributed by atoms with Crippen LogP contribution in [0, 0.1) is 6.92 Å². The van der Waals surface area contributed by atoms with Gasteiger partial charge in [0.15, 0.2) is 11.6 Å². The van der Waals surface area contributed by atoms with Crippen LogP contribution in [0.4, 0.5) is 0 Å². The monoisotopic (exact) mass is 326 g/mol. The molecule has 118 valence electrons. The number of thioether (sulfide) groups is 1. The molecule has 1 aliphatic heterocycles. The van der Waals surface area contributed by atoms with Crippen molar-refractivity contribution in [2.24, 2.45) is 0 Å². The highest BCUT2D eigenvalue weighted by Crippen LogP contribution is 2.34. The minimum atomic E-state index is -0.0204. The number of hydrogen-bond donors (Lipinski definition) is 0. The zero-order valence-corrected chi connectivity index (χ0v) is 13.8. The predicted octanol–water partition coefficient (Wildman–Crippen LogP) is 4.33. The number of carbonyl (C=O) groups excluding carboxylic acids is 2. The zero-order valence-electron chi connectivity index (χ0n) is 13.0. The molecule has 0 aliphatic carbocycles. The second kappa shape index (κ2) is 7.01. The Morgan fingerprint density at radius 3 is 2.52 bits per heavy atom. The molecule has 0 bridgehead atoms. The fraction of sp³-hybridized carbons (Fsp3) is 0.263. The van der Waals surface area contributed by atoms with Gasteiger partial charge in [-0.3, -0.25) is 9.59 Å². The number of rotatable bonds is 5. The third kappa shape index (κ3) is 3.82. The van der Waals surface area contributed by atoms with E-state index in [-0.39, 0.29) is 24.4 Å². The standard InChI is InChI=1S/C19H18O3S/c1-13-3-2-4-14(11-13)16(20)6-7-17(21)15-5-8-19-18(12-15)22-9-10-23-19/h2-5,8,11-12H,6-7,9-10H2,1H3. The minimum Gasteiger partial charge on any atom is -0.492 e. The van der Waals surface area contributed by atoms with Gasteiger partial charge >= 0.3 is 0 Å². The molecule has 0 saturated carbocycles. The summed E-state index contributed by atoms with van der Waals surface area (Å²) in [6.07, 6.45) is 0.452. The lowest BCUT2D eigenvalue weighted by Crippen LogP contribution is -2.09. The highest BCUT2D eigenvalue weighted by molar-refractivity contribution is 7.99. The van der Waals surface area contributed by atoms with Crippen LogP contribution >= 0.6 is 11.8 Å². The number of ketones is 2. The lowest BCUT2D eigenvalue weighted by Gasteiger charge is -2.17. The summed E-state index contributed by atoms with van der Waals surface area (Å²) < 4.78 is 5.58. The first kappa shape index (κ1) is 15.8. The first-order valence-corrected chi connectivity index (χ1v) is 8.65. The Kier molecular flexibility index (Phi) is 4.82. The van der Waals surface area contributed by atoms with E-state index in [1.165, 1.54) is 0 Å². The van der Waals surface area contributed by atoms with Gasteiger partial charge in [0.2, 0.25) is 0 Å². The maximum atomic E-state index is 12.3. The molecule has 0 N–H and O–H groups in total. The number of Topliss-reactive ketones (excluding diaryl/α,β-unsaturated/α-hetero) is 2. The SMILES string of the molecule is Cc1cccc(C(=O)CCC(=O)c2ccc3c(c2)OCCS3)c1. The Morgan fingerprint density at radius 1 is 1.04 bits per heavy atom. The smallest absolute Gasteiger partial charge is 0.163 e. The van der Waals surface area contributed by atoms with E-state index in [2.05, 4.69) is 0 Å². The van der Waals surface area contributed by atoms with E-state index in [9.17, 15) is 9.59 Å². The molecular weight excluding hydrogens is 308 g/mol. The van der Waals surface area contributed by atoms with E-state index < -0.39 is 0 Å². The molecule has 0 atom stereocenters. The van der Waals surface area contributed by atoms with E-state index in [1.807, 2.05) is 37.3 Å². The summed E-state index contributed by atoms with van der Waals surface area (Å²) in [6.45, 7) is 2.62. The highest BCUT2D eigenvalue weighted by Gasteiger charge is 2.15. The molecule has 3 rings (SSSR count). The van der Waals surface area contributed by atoms with Crippen molar-refractivity contribution in [3.63, 3.8) is 0 Å². The molecule has 0 saturated heterocycles. The lowest BCUT2D eigenvalue weighted by molar-refractivity contribution is 0.0917. The van der Waals surface area contributed by atoms with Crippen molar-refractivity contribution in [2.45, 2.75) is 24.7 Å². The van der Waals surface area contributed by atoms with Crippen molar-refractivity contribution in [3.8, 4) is 5.75 Å². The van der Waals surface area contributed by atoms with Crippen molar-refractivity contribution < 1.29 is 14.3 Å². The molecule has 1 heterocycles. The lowest BCUT2D eigenvalue weighted by atomic mass is 10.0. The highest BCUT2D eigenvalue weighted by atomic mass is 32.2. The molecular formula is C19H18O3S. The van der Waals surface area contributed by atoms with Gasteiger partial charge in [-0.1, -0.05) is 29.8 Å². The van der Waals surface area contributed by atoms with E-state index in [0.29, 0.717) is 17.7 Å². The molecule has 4 heteroatoms. The third-order valence-corrected chi connectivity index (χ3v) is 4.80. The molecule has 0 amide bonds. The summed E-state index contributed by atoms with van der Waals surface area (Å²) in [5.41, 5.74) is 2.33. The average Bonchev–Trinajstić information content (AvgIpc) is 2.59. The first-order valence-electron chi connectivity index (χ1n) is 7.66. The van der Waals surface area contributed by atoms with E-state index in [4.69, 9.17) is 4.74 Å². The number of benzene rings is 2. The molecule has 0 aromatic heterocycles. The van der Waals surface area contributed by atoms with E-state index in [1.54, 1.807) is 23.9 Å². The topological polar surface area (TPSA) is 43.4 Å². The Hall–Kier alpha value is -2.07. The van der Waals surface area contributed by atoms with Gasteiger partial charge in [-0.15, -0.1) is 11.8 Å². The molecule has 23 heavy (non-hydrogen) atoms. The molecule has 0 unspecified atom stereocenters. The van der Waals surface area contributed by atoms with Crippen molar-refractivity contribution in [2.75, 3.05) is 12.4 Å². The molecule has 1 aliphatic rings. The molecule has 2 aromatic carbocycles. The summed E-state index contributed by atoms with van der Waals surface area (Å²) in [5, 5.41) is 0. The Morgan fingerprint density at radius 2 is 1.78 bits per heavy atom. The first-order chi connectivity index (χ1) is 11.1. The number of hydrogen-bond acceptors (Lipinski definition) is 4. The van der Waals surface area contributed by atoms with Crippen LogP contribution in [0.2, 0.25) is 0 Å². The van der Waals surface area contributed by atoms with E-state index in [0.717, 1.165) is 22.0 Å². The molecule has 3 nitrogen and oxygen atoms in total. The summed E-state index contributed by atoms with van der Waals surface area (Å²) in [4.78, 5) is 25.6. The molecule has 0 radical (unpaired) electrons. The van der Waals surface area contributed by atoms with Crippen molar-refractivity contribution in [1.29, 1.82) is 0 Å². The number of aryl methyl sites for hydroxylation is 1. The summed E-state index contributed by atoms with van der Waals surface area (Å²) in [7, 11) is 0. The summed E-state index contributed by atoms with van der Waals surface area (Å²) in [5.74, 6) is 1.70. The van der Waals surface area contributed by atoms with Crippen molar-refractivity contribution in [3.05, 3.63) is 59.2 Å². The van der Waals surface area contributed by atoms with Crippen LogP contribution in [0.15, 0.2) is 47.4 Å². The normalized spacial score (nSPS) is 13.1. The molecule has 0 fully saturated rings. The number of carbonyl (C=O) groups is 2. The third-order valence-electron chi connectivity index (χ3n) is 3.78. The quantitative estimate of drug-likeness (QED) is 0.767. The number of ether oxygens (including phenoxy) is 1. The fourth-order valence-corrected chi connectivity index (χ4v) is 3.36. The van der Waals surface area contributed by atoms with Crippen molar-refractivity contribution in [1.82, 2.24) is 0 Å². The maximum absolute atomic E-state index is 12.3. The Labute approximate surface area is 140 Å². The fourth-order valence-electron chi connectivity index (χ4n) is 2.55. The molecule has 0 spiro atoms. The van der Waals surface area contributed by atoms with Crippen LogP contribution in [0.25, 0.3) is 0 Å². The second-order valence-corrected chi connectivity index (χ2v) is 6.71. The van der Waals surface area contributed by atoms with Crippen LogP contribution < -0.4 is 4.74 Å². The van der Waals surface area contributed by atoms with Gasteiger partial charge in [-0.2, -0.15) is 0 Å². The van der Waals surface area contributed by atoms with Crippen LogP contribution in [0.5, 0.6) is 5.75 Å². The Balaban J connectivity index is 1.64. The largest absolute Gasteiger partial charge is 0.492 e. The maximum Gasteiger partial charge on any atom is 0.163 e. The number of fused-ring (bicyclic) bond motifs is 1. The summed E-state index contributed by atoms with van der Waals surface area (Å²) >= 11 is 1.74. The van der Waals surface area contributed by atoms with Crippen LogP contribution in [-0.4, -0.2) is 23.9 Å². The van der Waals surface area contributed by atoms with Crippen molar-refractivity contribution >= 4 is 23.3 Å². The summed E-state index contributed by atoms with van der Waals surface area (Å²) in [6, 6.07) is 13.0. The van der Waals surface area contributed by atoms with Gasteiger partial charge in [0.05, 0.1) is 6.61 Å². The van der Waals surface area contributed by atoms with Crippen LogP contribution in [0.1, 0.15) is 39.1 Å². The van der Waals surface area contributed by atoms with Gasteiger partial charge in [-0.05, 0) is 25.1 Å². The van der Waals surface area contributed by atoms with Gasteiger partial charge in [0, 0.05) is 34.6 Å². The predicted molar refractivity (Wildman–Crippen MR) is 91.7 cm³/mol. The molecule has 2 aromatic rings. The minimum absolute atomic E-state index is 0.00631. The van der Waals surface area contributed by atoms with Gasteiger partial charge in [-0.25, -0.2) is 0 Å². The zero-order chi connectivity index (χ0) is 16.2. The van der Waals surface area contributed by atoms with E-state index >= 15 is 0 Å². The van der Waals surface area contributed by atoms with Gasteiger partial charge < -0.3 is 4.74 Å². The average molecular weight is 326 g/mol. The van der Waals surface area contributed by atoms with Gasteiger partial charge in [0.25, 0.3) is 0 Å². The second-order valence-electron chi connectivity index (χ2n) is 5.57.